The number of carbonyl (C=O) groups excluding carboxylic acids is 2. The summed E-state index contributed by atoms with van der Waals surface area (Å²) >= 11 is 3.24. The van der Waals surface area contributed by atoms with E-state index in [0.29, 0.717) is 21.5 Å². The summed E-state index contributed by atoms with van der Waals surface area (Å²) in [5.74, 6) is -0.433. The first-order valence-electron chi connectivity index (χ1n) is 8.62. The summed E-state index contributed by atoms with van der Waals surface area (Å²) in [6.45, 7) is 3.26. The van der Waals surface area contributed by atoms with Gasteiger partial charge in [-0.1, -0.05) is 15.9 Å². The van der Waals surface area contributed by atoms with Crippen molar-refractivity contribution >= 4 is 34.0 Å². The van der Waals surface area contributed by atoms with Gasteiger partial charge in [0.1, 0.15) is 5.75 Å². The summed E-state index contributed by atoms with van der Waals surface area (Å²) in [5.41, 5.74) is 3.05. The lowest BCUT2D eigenvalue weighted by atomic mass is 10.2. The molecule has 9 heteroatoms. The highest BCUT2D eigenvalue weighted by Crippen LogP contribution is 2.27. The van der Waals surface area contributed by atoms with Gasteiger partial charge in [0.15, 0.2) is 18.1 Å². The van der Waals surface area contributed by atoms with Crippen molar-refractivity contribution in [2.24, 2.45) is 5.10 Å². The Balaban J connectivity index is 2.01. The van der Waals surface area contributed by atoms with E-state index in [4.69, 9.17) is 14.2 Å². The number of rotatable bonds is 8. The molecule has 0 fully saturated rings. The molecule has 154 valence electrons. The highest BCUT2D eigenvalue weighted by atomic mass is 79.9. The van der Waals surface area contributed by atoms with Crippen molar-refractivity contribution < 1.29 is 28.9 Å². The van der Waals surface area contributed by atoms with Crippen LogP contribution in [0.4, 0.5) is 0 Å². The first kappa shape index (κ1) is 22.2. The van der Waals surface area contributed by atoms with Gasteiger partial charge in [-0.15, -0.1) is 0 Å². The number of methoxy groups -OCH3 is 1. The van der Waals surface area contributed by atoms with Crippen molar-refractivity contribution in [1.29, 1.82) is 0 Å². The second kappa shape index (κ2) is 10.5. The van der Waals surface area contributed by atoms with Crippen molar-refractivity contribution in [2.75, 3.05) is 13.7 Å². The van der Waals surface area contributed by atoms with Gasteiger partial charge in [-0.2, -0.15) is 5.10 Å². The minimum atomic E-state index is -0.560. The van der Waals surface area contributed by atoms with E-state index < -0.39 is 11.9 Å². The molecular formula is C20H21BrN2O6. The molecule has 0 atom stereocenters. The molecule has 2 rings (SSSR count). The summed E-state index contributed by atoms with van der Waals surface area (Å²) in [6.07, 6.45) is 1.19. The van der Waals surface area contributed by atoms with E-state index in [1.54, 1.807) is 38.1 Å². The third-order valence-electron chi connectivity index (χ3n) is 3.48. The Kier molecular flexibility index (Phi) is 8.02. The third kappa shape index (κ3) is 6.79. The Morgan fingerprint density at radius 3 is 2.66 bits per heavy atom. The lowest BCUT2D eigenvalue weighted by molar-refractivity contribution is -0.149. The van der Waals surface area contributed by atoms with Gasteiger partial charge in [-0.25, -0.2) is 10.2 Å². The zero-order valence-corrected chi connectivity index (χ0v) is 17.7. The standard InChI is InChI=1S/C20H21BrN2O6/c1-12(2)29-19(25)11-28-17-7-4-13(8-18(17)27-3)10-22-23-20(26)15-9-14(21)5-6-16(15)24/h4-10,12,24H,11H2,1-3H3,(H,23,26)/b22-10-. The van der Waals surface area contributed by atoms with Gasteiger partial charge in [-0.05, 0) is 55.8 Å². The SMILES string of the molecule is COc1cc(/C=N\NC(=O)c2cc(Br)ccc2O)ccc1OCC(=O)OC(C)C. The van der Waals surface area contributed by atoms with E-state index in [9.17, 15) is 14.7 Å². The number of amides is 1. The summed E-state index contributed by atoms with van der Waals surface area (Å²) in [5, 5.41) is 13.6. The topological polar surface area (TPSA) is 106 Å². The Morgan fingerprint density at radius 1 is 1.21 bits per heavy atom. The van der Waals surface area contributed by atoms with Crippen molar-refractivity contribution in [3.63, 3.8) is 0 Å². The molecule has 0 aliphatic rings. The van der Waals surface area contributed by atoms with Crippen LogP contribution in [-0.4, -0.2) is 43.0 Å². The van der Waals surface area contributed by atoms with Crippen molar-refractivity contribution in [1.82, 2.24) is 5.43 Å². The molecule has 0 bridgehead atoms. The van der Waals surface area contributed by atoms with Crippen LogP contribution in [0.1, 0.15) is 29.8 Å². The monoisotopic (exact) mass is 464 g/mol. The fourth-order valence-electron chi connectivity index (χ4n) is 2.23. The number of nitrogens with zero attached hydrogens (tertiary/aromatic N) is 1. The molecule has 0 aliphatic carbocycles. The fourth-order valence-corrected chi connectivity index (χ4v) is 2.59. The fraction of sp³-hybridized carbons (Fsp3) is 0.250. The van der Waals surface area contributed by atoms with Crippen LogP contribution in [0.15, 0.2) is 46.0 Å². The number of carbonyl (C=O) groups is 2. The molecule has 2 N–H and O–H groups in total. The normalized spacial score (nSPS) is 10.8. The minimum Gasteiger partial charge on any atom is -0.507 e. The Labute approximate surface area is 176 Å². The summed E-state index contributed by atoms with van der Waals surface area (Å²) in [6, 6.07) is 9.44. The quantitative estimate of drug-likeness (QED) is 0.352. The molecular weight excluding hydrogens is 444 g/mol. The van der Waals surface area contributed by atoms with Gasteiger partial charge in [0, 0.05) is 4.47 Å². The molecule has 0 radical (unpaired) electrons. The predicted octanol–water partition coefficient (Wildman–Crippen LogP) is 3.26. The van der Waals surface area contributed by atoms with Crippen LogP contribution >= 0.6 is 15.9 Å². The molecule has 0 saturated heterocycles. The highest BCUT2D eigenvalue weighted by Gasteiger charge is 2.12. The Bertz CT molecular complexity index is 914. The average molecular weight is 465 g/mol. The van der Waals surface area contributed by atoms with Crippen LogP contribution in [0.2, 0.25) is 0 Å². The van der Waals surface area contributed by atoms with Crippen LogP contribution in [-0.2, 0) is 9.53 Å². The molecule has 0 heterocycles. The smallest absolute Gasteiger partial charge is 0.344 e. The van der Waals surface area contributed by atoms with Crippen molar-refractivity contribution in [3.8, 4) is 17.2 Å². The minimum absolute atomic E-state index is 0.0890. The molecule has 0 spiro atoms. The summed E-state index contributed by atoms with van der Waals surface area (Å²) in [7, 11) is 1.47. The summed E-state index contributed by atoms with van der Waals surface area (Å²) in [4.78, 5) is 23.7. The number of ether oxygens (including phenoxy) is 3. The second-order valence-electron chi connectivity index (χ2n) is 6.10. The van der Waals surface area contributed by atoms with E-state index in [2.05, 4.69) is 26.5 Å². The number of nitrogens with one attached hydrogen (secondary N) is 1. The first-order chi connectivity index (χ1) is 13.8. The molecule has 2 aromatic rings. The molecule has 2 aromatic carbocycles. The third-order valence-corrected chi connectivity index (χ3v) is 3.98. The van der Waals surface area contributed by atoms with Crippen molar-refractivity contribution in [3.05, 3.63) is 52.0 Å². The number of esters is 1. The van der Waals surface area contributed by atoms with Crippen LogP contribution in [0.3, 0.4) is 0 Å². The first-order valence-corrected chi connectivity index (χ1v) is 9.41. The largest absolute Gasteiger partial charge is 0.507 e. The number of halogens is 1. The lowest BCUT2D eigenvalue weighted by Gasteiger charge is -2.12. The van der Waals surface area contributed by atoms with Gasteiger partial charge >= 0.3 is 5.97 Å². The maximum absolute atomic E-state index is 12.1. The number of benzene rings is 2. The van der Waals surface area contributed by atoms with Gasteiger partial charge in [0.05, 0.1) is 25.0 Å². The van der Waals surface area contributed by atoms with Gasteiger partial charge in [0.25, 0.3) is 5.91 Å². The van der Waals surface area contributed by atoms with Crippen LogP contribution in [0.5, 0.6) is 17.2 Å². The zero-order chi connectivity index (χ0) is 21.4. The number of phenolic OH excluding ortho intramolecular Hbond substituents is 1. The molecule has 0 saturated carbocycles. The second-order valence-corrected chi connectivity index (χ2v) is 7.01. The van der Waals surface area contributed by atoms with E-state index in [1.165, 1.54) is 25.5 Å². The Hall–Kier alpha value is -3.07. The predicted molar refractivity (Wildman–Crippen MR) is 111 cm³/mol. The number of hydrogen-bond donors (Lipinski definition) is 2. The van der Waals surface area contributed by atoms with Crippen LogP contribution in [0, 0.1) is 0 Å². The number of hydrazone groups is 1. The molecule has 0 unspecified atom stereocenters. The van der Waals surface area contributed by atoms with E-state index in [-0.39, 0.29) is 24.0 Å². The molecule has 8 nitrogen and oxygen atoms in total. The van der Waals surface area contributed by atoms with E-state index >= 15 is 0 Å². The summed E-state index contributed by atoms with van der Waals surface area (Å²) < 4.78 is 16.3. The molecule has 29 heavy (non-hydrogen) atoms. The van der Waals surface area contributed by atoms with Gasteiger partial charge < -0.3 is 19.3 Å². The number of hydrogen-bond acceptors (Lipinski definition) is 7. The van der Waals surface area contributed by atoms with Crippen LogP contribution in [0.25, 0.3) is 0 Å². The van der Waals surface area contributed by atoms with Gasteiger partial charge in [0.2, 0.25) is 0 Å². The van der Waals surface area contributed by atoms with E-state index in [1.807, 2.05) is 0 Å². The molecule has 0 aliphatic heterocycles. The number of aromatic hydroxyl groups is 1. The van der Waals surface area contributed by atoms with Gasteiger partial charge in [-0.3, -0.25) is 4.79 Å². The van der Waals surface area contributed by atoms with Crippen molar-refractivity contribution in [2.45, 2.75) is 20.0 Å². The molecule has 0 aromatic heterocycles. The van der Waals surface area contributed by atoms with E-state index in [0.717, 1.165) is 0 Å². The maximum Gasteiger partial charge on any atom is 0.344 e. The Morgan fingerprint density at radius 2 is 1.97 bits per heavy atom. The average Bonchev–Trinajstić information content (AvgIpc) is 2.68. The maximum atomic E-state index is 12.1. The number of phenols is 1. The zero-order valence-electron chi connectivity index (χ0n) is 16.1. The lowest BCUT2D eigenvalue weighted by Crippen LogP contribution is -2.19. The molecule has 1 amide bonds. The van der Waals surface area contributed by atoms with Crippen LogP contribution < -0.4 is 14.9 Å². The highest BCUT2D eigenvalue weighted by molar-refractivity contribution is 9.10.